The molecule has 0 saturated carbocycles. The van der Waals surface area contributed by atoms with Gasteiger partial charge >= 0.3 is 6.18 Å². The number of hydrogen-bond acceptors (Lipinski definition) is 4. The second kappa shape index (κ2) is 8.31. The summed E-state index contributed by atoms with van der Waals surface area (Å²) in [5, 5.41) is 0. The van der Waals surface area contributed by atoms with Crippen LogP contribution in [0.1, 0.15) is 6.42 Å². The van der Waals surface area contributed by atoms with Crippen LogP contribution in [-0.2, 0) is 9.47 Å². The molecule has 0 heterocycles. The SMILES string of the molecule is COCCN=C(CCOCC(F)(F)F)NN. The number of nitrogens with zero attached hydrogens (tertiary/aromatic N) is 1. The molecular formula is C8H16F3N3O2. The zero-order valence-corrected chi connectivity index (χ0v) is 9.01. The van der Waals surface area contributed by atoms with Gasteiger partial charge in [0.05, 0.1) is 19.8 Å². The van der Waals surface area contributed by atoms with Gasteiger partial charge in [0.15, 0.2) is 0 Å². The Morgan fingerprint density at radius 2 is 2.06 bits per heavy atom. The number of alkyl halides is 3. The van der Waals surface area contributed by atoms with Gasteiger partial charge in [-0.15, -0.1) is 0 Å². The molecule has 0 aromatic rings. The molecule has 3 N–H and O–H groups in total. The lowest BCUT2D eigenvalue weighted by Crippen LogP contribution is -2.32. The lowest BCUT2D eigenvalue weighted by atomic mass is 10.4. The van der Waals surface area contributed by atoms with E-state index in [0.29, 0.717) is 19.0 Å². The molecule has 96 valence electrons. The van der Waals surface area contributed by atoms with Crippen LogP contribution in [0, 0.1) is 0 Å². The predicted octanol–water partition coefficient (Wildman–Crippen LogP) is 0.464. The van der Waals surface area contributed by atoms with Gasteiger partial charge in [-0.1, -0.05) is 0 Å². The molecule has 0 aliphatic heterocycles. The average molecular weight is 243 g/mol. The number of amidine groups is 1. The number of nitrogens with two attached hydrogens (primary N) is 1. The van der Waals surface area contributed by atoms with Crippen molar-refractivity contribution in [1.29, 1.82) is 0 Å². The van der Waals surface area contributed by atoms with Gasteiger partial charge in [0.1, 0.15) is 12.4 Å². The summed E-state index contributed by atoms with van der Waals surface area (Å²) in [5.74, 6) is 5.51. The molecule has 0 aliphatic carbocycles. The third kappa shape index (κ3) is 9.69. The first-order valence-electron chi connectivity index (χ1n) is 4.63. The number of methoxy groups -OCH3 is 1. The Labute approximate surface area is 91.8 Å². The molecule has 5 nitrogen and oxygen atoms in total. The summed E-state index contributed by atoms with van der Waals surface area (Å²) in [5.41, 5.74) is 2.29. The largest absolute Gasteiger partial charge is 0.411 e. The summed E-state index contributed by atoms with van der Waals surface area (Å²) in [4.78, 5) is 3.96. The van der Waals surface area contributed by atoms with Crippen molar-refractivity contribution in [2.45, 2.75) is 12.6 Å². The quantitative estimate of drug-likeness (QED) is 0.224. The first kappa shape index (κ1) is 15.1. The van der Waals surface area contributed by atoms with Crippen LogP contribution >= 0.6 is 0 Å². The highest BCUT2D eigenvalue weighted by Crippen LogP contribution is 2.14. The Morgan fingerprint density at radius 3 is 2.56 bits per heavy atom. The highest BCUT2D eigenvalue weighted by atomic mass is 19.4. The van der Waals surface area contributed by atoms with E-state index in [1.165, 1.54) is 7.11 Å². The third-order valence-electron chi connectivity index (χ3n) is 1.51. The van der Waals surface area contributed by atoms with E-state index in [1.807, 2.05) is 0 Å². The maximum Gasteiger partial charge on any atom is 0.411 e. The van der Waals surface area contributed by atoms with Gasteiger partial charge < -0.3 is 14.9 Å². The van der Waals surface area contributed by atoms with Gasteiger partial charge in [-0.25, -0.2) is 5.84 Å². The van der Waals surface area contributed by atoms with E-state index < -0.39 is 12.8 Å². The number of halogens is 3. The van der Waals surface area contributed by atoms with Crippen molar-refractivity contribution in [3.63, 3.8) is 0 Å². The Bertz CT molecular complexity index is 209. The normalized spacial score (nSPS) is 12.9. The molecule has 0 fully saturated rings. The van der Waals surface area contributed by atoms with E-state index >= 15 is 0 Å². The summed E-state index contributed by atoms with van der Waals surface area (Å²) in [7, 11) is 1.53. The van der Waals surface area contributed by atoms with Gasteiger partial charge in [0.25, 0.3) is 0 Å². The minimum atomic E-state index is -4.30. The molecule has 0 unspecified atom stereocenters. The Hall–Kier alpha value is -0.860. The number of aliphatic imine (C=N–C) groups is 1. The number of hydrazine groups is 1. The smallest absolute Gasteiger partial charge is 0.383 e. The Kier molecular flexibility index (Phi) is 7.86. The van der Waals surface area contributed by atoms with Crippen LogP contribution in [0.15, 0.2) is 4.99 Å². The van der Waals surface area contributed by atoms with E-state index in [9.17, 15) is 13.2 Å². The summed E-state index contributed by atoms with van der Waals surface area (Å²) < 4.78 is 44.3. The fourth-order valence-corrected chi connectivity index (χ4v) is 0.825. The first-order chi connectivity index (χ1) is 7.49. The summed E-state index contributed by atoms with van der Waals surface area (Å²) in [6.07, 6.45) is -4.10. The van der Waals surface area contributed by atoms with Gasteiger partial charge in [0.2, 0.25) is 0 Å². The maximum absolute atomic E-state index is 11.7. The van der Waals surface area contributed by atoms with E-state index in [2.05, 4.69) is 15.2 Å². The molecule has 0 atom stereocenters. The number of rotatable bonds is 7. The molecule has 0 amide bonds. The second-order valence-corrected chi connectivity index (χ2v) is 2.88. The Morgan fingerprint density at radius 1 is 1.38 bits per heavy atom. The van der Waals surface area contributed by atoms with E-state index in [0.717, 1.165) is 0 Å². The third-order valence-corrected chi connectivity index (χ3v) is 1.51. The molecule has 0 saturated heterocycles. The van der Waals surface area contributed by atoms with Crippen molar-refractivity contribution in [2.24, 2.45) is 10.8 Å². The van der Waals surface area contributed by atoms with Crippen LogP contribution in [0.3, 0.4) is 0 Å². The van der Waals surface area contributed by atoms with E-state index in [4.69, 9.17) is 10.6 Å². The molecule has 0 bridgehead atoms. The molecular weight excluding hydrogens is 227 g/mol. The fraction of sp³-hybridized carbons (Fsp3) is 0.875. The predicted molar refractivity (Wildman–Crippen MR) is 53.0 cm³/mol. The lowest BCUT2D eigenvalue weighted by Gasteiger charge is -2.08. The zero-order valence-electron chi connectivity index (χ0n) is 9.01. The monoisotopic (exact) mass is 243 g/mol. The highest BCUT2D eigenvalue weighted by Gasteiger charge is 2.27. The first-order valence-corrected chi connectivity index (χ1v) is 4.63. The van der Waals surface area contributed by atoms with Crippen LogP contribution < -0.4 is 11.3 Å². The van der Waals surface area contributed by atoms with Crippen molar-refractivity contribution in [3.8, 4) is 0 Å². The maximum atomic E-state index is 11.7. The summed E-state index contributed by atoms with van der Waals surface area (Å²) in [6.45, 7) is -0.525. The van der Waals surface area contributed by atoms with Crippen LogP contribution in [0.5, 0.6) is 0 Å². The van der Waals surface area contributed by atoms with E-state index in [-0.39, 0.29) is 13.0 Å². The van der Waals surface area contributed by atoms with Crippen LogP contribution in [0.2, 0.25) is 0 Å². The highest BCUT2D eigenvalue weighted by molar-refractivity contribution is 5.81. The van der Waals surface area contributed by atoms with Crippen LogP contribution in [0.25, 0.3) is 0 Å². The summed E-state index contributed by atoms with van der Waals surface area (Å²) in [6, 6.07) is 0. The molecule has 0 aromatic carbocycles. The van der Waals surface area contributed by atoms with Crippen LogP contribution in [0.4, 0.5) is 13.2 Å². The summed E-state index contributed by atoms with van der Waals surface area (Å²) >= 11 is 0. The van der Waals surface area contributed by atoms with Crippen LogP contribution in [-0.4, -0.2) is 45.5 Å². The van der Waals surface area contributed by atoms with E-state index in [1.54, 1.807) is 0 Å². The standard InChI is InChI=1S/C8H16F3N3O2/c1-15-5-3-13-7(14-12)2-4-16-6-8(9,10)11/h2-6,12H2,1H3,(H,13,14). The van der Waals surface area contributed by atoms with Gasteiger partial charge in [-0.2, -0.15) is 13.2 Å². The van der Waals surface area contributed by atoms with Gasteiger partial charge in [-0.3, -0.25) is 4.99 Å². The van der Waals surface area contributed by atoms with Crippen molar-refractivity contribution in [2.75, 3.05) is 33.5 Å². The number of ether oxygens (including phenoxy) is 2. The topological polar surface area (TPSA) is 68.9 Å². The van der Waals surface area contributed by atoms with Crippen molar-refractivity contribution in [3.05, 3.63) is 0 Å². The van der Waals surface area contributed by atoms with Crippen molar-refractivity contribution in [1.82, 2.24) is 5.43 Å². The molecule has 0 radical (unpaired) electrons. The minimum Gasteiger partial charge on any atom is -0.383 e. The van der Waals surface area contributed by atoms with Gasteiger partial charge in [-0.05, 0) is 0 Å². The molecule has 0 spiro atoms. The van der Waals surface area contributed by atoms with Gasteiger partial charge in [0, 0.05) is 13.5 Å². The molecule has 8 heteroatoms. The van der Waals surface area contributed by atoms with Crippen molar-refractivity contribution < 1.29 is 22.6 Å². The number of nitrogens with one attached hydrogen (secondary N) is 1. The minimum absolute atomic E-state index is 0.0878. The van der Waals surface area contributed by atoms with Crippen molar-refractivity contribution >= 4 is 5.84 Å². The number of hydrogen-bond donors (Lipinski definition) is 2. The zero-order chi connectivity index (χ0) is 12.4. The molecule has 0 aromatic heterocycles. The lowest BCUT2D eigenvalue weighted by molar-refractivity contribution is -0.173. The molecule has 0 aliphatic rings. The molecule has 0 rings (SSSR count). The second-order valence-electron chi connectivity index (χ2n) is 2.88. The Balaban J connectivity index is 3.67. The fourth-order valence-electron chi connectivity index (χ4n) is 0.825. The average Bonchev–Trinajstić information content (AvgIpc) is 2.20. The molecule has 16 heavy (non-hydrogen) atoms.